The van der Waals surface area contributed by atoms with Crippen molar-refractivity contribution >= 4 is 17.5 Å². The van der Waals surface area contributed by atoms with Gasteiger partial charge in [-0.05, 0) is 43.0 Å². The SMILES string of the molecule is COc1cc(NC(=O)Nc2cc(C(C)C)nn2-c2ccccc2)c(C)cc1C. The summed E-state index contributed by atoms with van der Waals surface area (Å²) < 4.78 is 7.11. The second kappa shape index (κ2) is 8.17. The van der Waals surface area contributed by atoms with Crippen molar-refractivity contribution in [2.45, 2.75) is 33.6 Å². The van der Waals surface area contributed by atoms with E-state index in [1.165, 1.54) is 0 Å². The average Bonchev–Trinajstić information content (AvgIpc) is 3.08. The predicted molar refractivity (Wildman–Crippen MR) is 113 cm³/mol. The van der Waals surface area contributed by atoms with E-state index in [2.05, 4.69) is 29.6 Å². The fourth-order valence-electron chi connectivity index (χ4n) is 2.99. The van der Waals surface area contributed by atoms with Crippen LogP contribution >= 0.6 is 0 Å². The smallest absolute Gasteiger partial charge is 0.324 e. The van der Waals surface area contributed by atoms with Gasteiger partial charge in [0.05, 0.1) is 18.5 Å². The lowest BCUT2D eigenvalue weighted by atomic mass is 10.1. The molecule has 1 heterocycles. The number of amides is 2. The number of methoxy groups -OCH3 is 1. The van der Waals surface area contributed by atoms with Gasteiger partial charge >= 0.3 is 6.03 Å². The number of hydrogen-bond donors (Lipinski definition) is 2. The summed E-state index contributed by atoms with van der Waals surface area (Å²) in [6.45, 7) is 8.07. The zero-order valence-electron chi connectivity index (χ0n) is 16.9. The number of carbonyl (C=O) groups is 1. The fourth-order valence-corrected chi connectivity index (χ4v) is 2.99. The number of benzene rings is 2. The number of aryl methyl sites for hydroxylation is 2. The molecule has 0 unspecified atom stereocenters. The summed E-state index contributed by atoms with van der Waals surface area (Å²) >= 11 is 0. The van der Waals surface area contributed by atoms with Crippen molar-refractivity contribution < 1.29 is 9.53 Å². The Balaban J connectivity index is 1.86. The molecule has 0 aliphatic rings. The molecule has 0 fully saturated rings. The number of nitrogens with one attached hydrogen (secondary N) is 2. The molecule has 146 valence electrons. The lowest BCUT2D eigenvalue weighted by molar-refractivity contribution is 0.262. The van der Waals surface area contributed by atoms with Gasteiger partial charge < -0.3 is 10.1 Å². The summed E-state index contributed by atoms with van der Waals surface area (Å²) in [6, 6.07) is 15.1. The normalized spacial score (nSPS) is 10.8. The lowest BCUT2D eigenvalue weighted by Crippen LogP contribution is -2.21. The molecule has 2 N–H and O–H groups in total. The Labute approximate surface area is 165 Å². The Hall–Kier alpha value is -3.28. The molecule has 28 heavy (non-hydrogen) atoms. The topological polar surface area (TPSA) is 68.2 Å². The molecule has 6 nitrogen and oxygen atoms in total. The Morgan fingerprint density at radius 1 is 1.04 bits per heavy atom. The molecule has 0 atom stereocenters. The van der Waals surface area contributed by atoms with Crippen molar-refractivity contribution in [1.29, 1.82) is 0 Å². The van der Waals surface area contributed by atoms with Crippen molar-refractivity contribution in [2.75, 3.05) is 17.7 Å². The van der Waals surface area contributed by atoms with Crippen LogP contribution in [0, 0.1) is 13.8 Å². The molecule has 0 aliphatic carbocycles. The van der Waals surface area contributed by atoms with Gasteiger partial charge in [0.2, 0.25) is 0 Å². The van der Waals surface area contributed by atoms with Crippen molar-refractivity contribution in [3.63, 3.8) is 0 Å². The number of nitrogens with zero attached hydrogens (tertiary/aromatic N) is 2. The monoisotopic (exact) mass is 378 g/mol. The van der Waals surface area contributed by atoms with Crippen molar-refractivity contribution in [3.05, 3.63) is 65.4 Å². The minimum atomic E-state index is -0.332. The molecule has 0 radical (unpaired) electrons. The molecule has 2 amide bonds. The largest absolute Gasteiger partial charge is 0.496 e. The Bertz CT molecular complexity index is 978. The molecule has 3 rings (SSSR count). The van der Waals surface area contributed by atoms with E-state index in [-0.39, 0.29) is 11.9 Å². The highest BCUT2D eigenvalue weighted by atomic mass is 16.5. The van der Waals surface area contributed by atoms with Crippen molar-refractivity contribution in [1.82, 2.24) is 9.78 Å². The molecule has 0 aliphatic heterocycles. The molecule has 2 aromatic carbocycles. The van der Waals surface area contributed by atoms with Crippen LogP contribution in [-0.2, 0) is 0 Å². The van der Waals surface area contributed by atoms with Crippen LogP contribution < -0.4 is 15.4 Å². The average molecular weight is 378 g/mol. The molecule has 1 aromatic heterocycles. The van der Waals surface area contributed by atoms with Crippen LogP contribution in [-0.4, -0.2) is 22.9 Å². The second-order valence-electron chi connectivity index (χ2n) is 7.07. The number of hydrogen-bond acceptors (Lipinski definition) is 3. The first-order valence-electron chi connectivity index (χ1n) is 9.27. The first kappa shape index (κ1) is 19.5. The van der Waals surface area contributed by atoms with Crippen molar-refractivity contribution in [2.24, 2.45) is 0 Å². The third kappa shape index (κ3) is 4.17. The maximum Gasteiger partial charge on any atom is 0.324 e. The van der Waals surface area contributed by atoms with Gasteiger partial charge in [0, 0.05) is 17.8 Å². The number of anilines is 2. The third-order valence-corrected chi connectivity index (χ3v) is 4.55. The van der Waals surface area contributed by atoms with Gasteiger partial charge in [0.25, 0.3) is 0 Å². The summed E-state index contributed by atoms with van der Waals surface area (Å²) in [6.07, 6.45) is 0. The number of rotatable bonds is 5. The van der Waals surface area contributed by atoms with Gasteiger partial charge in [-0.15, -0.1) is 0 Å². The van der Waals surface area contributed by atoms with Gasteiger partial charge in [0.1, 0.15) is 11.6 Å². The van der Waals surface area contributed by atoms with Crippen LogP contribution in [0.25, 0.3) is 5.69 Å². The van der Waals surface area contributed by atoms with Gasteiger partial charge in [0.15, 0.2) is 0 Å². The van der Waals surface area contributed by atoms with Crippen LogP contribution in [0.5, 0.6) is 5.75 Å². The van der Waals surface area contributed by atoms with E-state index in [9.17, 15) is 4.79 Å². The number of ether oxygens (including phenoxy) is 1. The summed E-state index contributed by atoms with van der Waals surface area (Å²) in [7, 11) is 1.62. The first-order valence-corrected chi connectivity index (χ1v) is 9.27. The highest BCUT2D eigenvalue weighted by Crippen LogP contribution is 2.27. The van der Waals surface area contributed by atoms with Crippen LogP contribution in [0.3, 0.4) is 0 Å². The first-order chi connectivity index (χ1) is 13.4. The molecule has 0 spiro atoms. The Morgan fingerprint density at radius 3 is 2.39 bits per heavy atom. The number of para-hydroxylation sites is 1. The summed E-state index contributed by atoms with van der Waals surface area (Å²) in [5.41, 5.74) is 4.49. The molecule has 0 bridgehead atoms. The molecular weight excluding hydrogens is 352 g/mol. The second-order valence-corrected chi connectivity index (χ2v) is 7.07. The lowest BCUT2D eigenvalue weighted by Gasteiger charge is -2.14. The molecule has 6 heteroatoms. The zero-order valence-corrected chi connectivity index (χ0v) is 16.9. The van der Waals surface area contributed by atoms with Crippen LogP contribution in [0.1, 0.15) is 36.6 Å². The zero-order chi connectivity index (χ0) is 20.3. The van der Waals surface area contributed by atoms with Gasteiger partial charge in [-0.3, -0.25) is 5.32 Å². The number of carbonyl (C=O) groups excluding carboxylic acids is 1. The molecular formula is C22H26N4O2. The van der Waals surface area contributed by atoms with Gasteiger partial charge in [-0.2, -0.15) is 5.10 Å². The summed E-state index contributed by atoms with van der Waals surface area (Å²) in [4.78, 5) is 12.7. The van der Waals surface area contributed by atoms with E-state index in [4.69, 9.17) is 4.74 Å². The number of aromatic nitrogens is 2. The molecule has 0 saturated heterocycles. The maximum absolute atomic E-state index is 12.7. The van der Waals surface area contributed by atoms with Crippen LogP contribution in [0.4, 0.5) is 16.3 Å². The minimum Gasteiger partial charge on any atom is -0.496 e. The van der Waals surface area contributed by atoms with E-state index in [1.54, 1.807) is 11.8 Å². The van der Waals surface area contributed by atoms with Gasteiger partial charge in [-0.1, -0.05) is 38.1 Å². The van der Waals surface area contributed by atoms with E-state index >= 15 is 0 Å². The minimum absolute atomic E-state index is 0.247. The Kier molecular flexibility index (Phi) is 5.68. The van der Waals surface area contributed by atoms with Crippen LogP contribution in [0.2, 0.25) is 0 Å². The van der Waals surface area contributed by atoms with Crippen molar-refractivity contribution in [3.8, 4) is 11.4 Å². The highest BCUT2D eigenvalue weighted by Gasteiger charge is 2.15. The molecule has 0 saturated carbocycles. The van der Waals surface area contributed by atoms with E-state index in [1.807, 2.05) is 62.4 Å². The predicted octanol–water partition coefficient (Wildman–Crippen LogP) is 5.27. The Morgan fingerprint density at radius 2 is 1.75 bits per heavy atom. The van der Waals surface area contributed by atoms with E-state index in [0.717, 1.165) is 28.3 Å². The maximum atomic E-state index is 12.7. The van der Waals surface area contributed by atoms with Crippen LogP contribution in [0.15, 0.2) is 48.5 Å². The fraction of sp³-hybridized carbons (Fsp3) is 0.273. The van der Waals surface area contributed by atoms with Gasteiger partial charge in [-0.25, -0.2) is 9.48 Å². The third-order valence-electron chi connectivity index (χ3n) is 4.55. The highest BCUT2D eigenvalue weighted by molar-refractivity contribution is 6.00. The summed E-state index contributed by atoms with van der Waals surface area (Å²) in [5.74, 6) is 1.60. The molecule has 3 aromatic rings. The number of urea groups is 1. The summed E-state index contributed by atoms with van der Waals surface area (Å²) in [5, 5.41) is 10.5. The standard InChI is InChI=1S/C22H26N4O2/c1-14(2)18-13-21(26(25-18)17-9-7-6-8-10-17)24-22(27)23-19-12-20(28-5)16(4)11-15(19)3/h6-14H,1-5H3,(H2,23,24,27). The van der Waals surface area contributed by atoms with E-state index in [0.29, 0.717) is 11.5 Å². The van der Waals surface area contributed by atoms with E-state index < -0.39 is 0 Å². The quantitative estimate of drug-likeness (QED) is 0.636.